The second kappa shape index (κ2) is 9.40. The van der Waals surface area contributed by atoms with Crippen LogP contribution in [0.4, 0.5) is 0 Å². The van der Waals surface area contributed by atoms with Crippen molar-refractivity contribution < 1.29 is 22.7 Å². The van der Waals surface area contributed by atoms with Crippen LogP contribution in [0, 0.1) is 0 Å². The SMILES string of the molecule is O=C(COC(=O)/C(=C/c1cccs1)n1nnnc1-c1ccccc1)NC1CCS(=O)(=O)C1. The topological polar surface area (TPSA) is 133 Å². The molecule has 1 atom stereocenters. The first-order valence-electron chi connectivity index (χ1n) is 9.67. The van der Waals surface area contributed by atoms with Gasteiger partial charge in [-0.1, -0.05) is 36.4 Å². The average Bonchev–Trinajstić information content (AvgIpc) is 3.52. The van der Waals surface area contributed by atoms with E-state index in [4.69, 9.17) is 4.74 Å². The Kier molecular flexibility index (Phi) is 6.42. The molecule has 0 aliphatic carbocycles. The Morgan fingerprint density at radius 3 is 2.72 bits per heavy atom. The molecule has 2 aromatic heterocycles. The van der Waals surface area contributed by atoms with E-state index >= 15 is 0 Å². The fourth-order valence-corrected chi connectivity index (χ4v) is 5.54. The van der Waals surface area contributed by atoms with Crippen LogP contribution < -0.4 is 5.32 Å². The third-order valence-electron chi connectivity index (χ3n) is 4.69. The molecule has 10 nitrogen and oxygen atoms in total. The molecular weight excluding hydrogens is 454 g/mol. The summed E-state index contributed by atoms with van der Waals surface area (Å²) in [6, 6.07) is 12.3. The highest BCUT2D eigenvalue weighted by Gasteiger charge is 2.29. The van der Waals surface area contributed by atoms with Crippen molar-refractivity contribution >= 4 is 44.8 Å². The Balaban J connectivity index is 1.52. The van der Waals surface area contributed by atoms with Crippen LogP contribution in [0.5, 0.6) is 0 Å². The van der Waals surface area contributed by atoms with Gasteiger partial charge in [-0.15, -0.1) is 16.4 Å². The number of hydrogen-bond acceptors (Lipinski definition) is 9. The molecule has 1 amide bonds. The Labute approximate surface area is 187 Å². The number of aromatic nitrogens is 4. The smallest absolute Gasteiger partial charge is 0.357 e. The molecule has 166 valence electrons. The lowest BCUT2D eigenvalue weighted by molar-refractivity contribution is -0.143. The number of sulfone groups is 1. The number of nitrogens with one attached hydrogen (secondary N) is 1. The number of benzene rings is 1. The van der Waals surface area contributed by atoms with Gasteiger partial charge in [0.15, 0.2) is 28.0 Å². The molecule has 0 radical (unpaired) electrons. The lowest BCUT2D eigenvalue weighted by Crippen LogP contribution is -2.38. The van der Waals surface area contributed by atoms with Crippen molar-refractivity contribution in [2.45, 2.75) is 12.5 Å². The molecule has 1 saturated heterocycles. The normalized spacial score (nSPS) is 17.8. The van der Waals surface area contributed by atoms with Gasteiger partial charge in [0.1, 0.15) is 0 Å². The van der Waals surface area contributed by atoms with E-state index in [-0.39, 0.29) is 17.2 Å². The van der Waals surface area contributed by atoms with Gasteiger partial charge in [0, 0.05) is 16.5 Å². The summed E-state index contributed by atoms with van der Waals surface area (Å²) in [7, 11) is -3.13. The third-order valence-corrected chi connectivity index (χ3v) is 7.28. The maximum absolute atomic E-state index is 12.9. The Morgan fingerprint density at radius 1 is 1.22 bits per heavy atom. The van der Waals surface area contributed by atoms with Gasteiger partial charge in [0.2, 0.25) is 0 Å². The minimum absolute atomic E-state index is 0.0347. The predicted molar refractivity (Wildman–Crippen MR) is 118 cm³/mol. The number of amides is 1. The number of rotatable bonds is 7. The van der Waals surface area contributed by atoms with Crippen molar-refractivity contribution in [2.24, 2.45) is 0 Å². The van der Waals surface area contributed by atoms with Gasteiger partial charge in [-0.05, 0) is 34.4 Å². The van der Waals surface area contributed by atoms with Crippen molar-refractivity contribution in [3.05, 3.63) is 52.7 Å². The average molecular weight is 474 g/mol. The minimum atomic E-state index is -3.13. The second-order valence-corrected chi connectivity index (χ2v) is 10.3. The Hall–Kier alpha value is -3.38. The van der Waals surface area contributed by atoms with Crippen LogP contribution in [-0.2, 0) is 24.2 Å². The summed E-state index contributed by atoms with van der Waals surface area (Å²) in [6.45, 7) is -0.556. The molecule has 3 aromatic rings. The fourth-order valence-electron chi connectivity index (χ4n) is 3.21. The molecule has 1 fully saturated rings. The quantitative estimate of drug-likeness (QED) is 0.400. The van der Waals surface area contributed by atoms with Crippen molar-refractivity contribution in [1.82, 2.24) is 25.5 Å². The van der Waals surface area contributed by atoms with Crippen molar-refractivity contribution in [3.8, 4) is 11.4 Å². The molecular formula is C20H19N5O5S2. The molecule has 1 aromatic carbocycles. The van der Waals surface area contributed by atoms with Crippen molar-refractivity contribution in [3.63, 3.8) is 0 Å². The minimum Gasteiger partial charge on any atom is -0.451 e. The van der Waals surface area contributed by atoms with Gasteiger partial charge >= 0.3 is 5.97 Å². The molecule has 32 heavy (non-hydrogen) atoms. The van der Waals surface area contributed by atoms with E-state index in [9.17, 15) is 18.0 Å². The van der Waals surface area contributed by atoms with Crippen LogP contribution in [0.1, 0.15) is 11.3 Å². The molecule has 12 heteroatoms. The van der Waals surface area contributed by atoms with Crippen molar-refractivity contribution in [1.29, 1.82) is 0 Å². The number of thiophene rings is 1. The zero-order chi connectivity index (χ0) is 22.6. The van der Waals surface area contributed by atoms with E-state index < -0.39 is 34.4 Å². The summed E-state index contributed by atoms with van der Waals surface area (Å²) in [5.74, 6) is -1.10. The zero-order valence-electron chi connectivity index (χ0n) is 16.7. The highest BCUT2D eigenvalue weighted by Crippen LogP contribution is 2.22. The van der Waals surface area contributed by atoms with Gasteiger partial charge in [0.05, 0.1) is 11.5 Å². The van der Waals surface area contributed by atoms with Crippen molar-refractivity contribution in [2.75, 3.05) is 18.1 Å². The fraction of sp³-hybridized carbons (Fsp3) is 0.250. The number of carbonyl (C=O) groups excluding carboxylic acids is 2. The van der Waals surface area contributed by atoms with Gasteiger partial charge < -0.3 is 10.1 Å². The van der Waals surface area contributed by atoms with Crippen LogP contribution in [-0.4, -0.2) is 64.7 Å². The predicted octanol–water partition coefficient (Wildman–Crippen LogP) is 1.25. The number of tetrazole rings is 1. The molecule has 0 bridgehead atoms. The number of ether oxygens (including phenoxy) is 1. The Bertz CT molecular complexity index is 1240. The summed E-state index contributed by atoms with van der Waals surface area (Å²) < 4.78 is 29.6. The van der Waals surface area contributed by atoms with E-state index in [0.717, 1.165) is 4.88 Å². The van der Waals surface area contributed by atoms with E-state index in [2.05, 4.69) is 20.8 Å². The van der Waals surface area contributed by atoms with Crippen LogP contribution in [0.15, 0.2) is 47.8 Å². The van der Waals surface area contributed by atoms with Gasteiger partial charge in [-0.2, -0.15) is 4.68 Å². The first kappa shape index (κ1) is 21.8. The summed E-state index contributed by atoms with van der Waals surface area (Å²) in [5.41, 5.74) is 0.732. The molecule has 1 unspecified atom stereocenters. The van der Waals surface area contributed by atoms with Crippen LogP contribution >= 0.6 is 11.3 Å². The van der Waals surface area contributed by atoms with E-state index in [0.29, 0.717) is 17.8 Å². The first-order chi connectivity index (χ1) is 15.4. The maximum atomic E-state index is 12.9. The summed E-state index contributed by atoms with van der Waals surface area (Å²) in [6.07, 6.45) is 1.92. The molecule has 4 rings (SSSR count). The molecule has 1 aliphatic heterocycles. The third kappa shape index (κ3) is 5.26. The lowest BCUT2D eigenvalue weighted by Gasteiger charge is -2.12. The molecule has 1 N–H and O–H groups in total. The monoisotopic (exact) mass is 473 g/mol. The summed E-state index contributed by atoms with van der Waals surface area (Å²) >= 11 is 1.41. The van der Waals surface area contributed by atoms with E-state index in [1.807, 2.05) is 35.7 Å². The molecule has 0 saturated carbocycles. The highest BCUT2D eigenvalue weighted by molar-refractivity contribution is 7.91. The maximum Gasteiger partial charge on any atom is 0.357 e. The number of hydrogen-bond donors (Lipinski definition) is 1. The number of nitrogens with zero attached hydrogens (tertiary/aromatic N) is 4. The number of carbonyl (C=O) groups is 2. The Morgan fingerprint density at radius 2 is 2.03 bits per heavy atom. The van der Waals surface area contributed by atoms with Crippen LogP contribution in [0.3, 0.4) is 0 Å². The summed E-state index contributed by atoms with van der Waals surface area (Å²) in [5, 5.41) is 16.1. The van der Waals surface area contributed by atoms with Gasteiger partial charge in [-0.25, -0.2) is 13.2 Å². The van der Waals surface area contributed by atoms with Gasteiger partial charge in [0.25, 0.3) is 5.91 Å². The highest BCUT2D eigenvalue weighted by atomic mass is 32.2. The molecule has 1 aliphatic rings. The van der Waals surface area contributed by atoms with Gasteiger partial charge in [-0.3, -0.25) is 4.79 Å². The second-order valence-electron chi connectivity index (χ2n) is 7.07. The largest absolute Gasteiger partial charge is 0.451 e. The van der Waals surface area contributed by atoms with E-state index in [1.54, 1.807) is 18.2 Å². The van der Waals surface area contributed by atoms with Crippen LogP contribution in [0.25, 0.3) is 23.2 Å². The van der Waals surface area contributed by atoms with E-state index in [1.165, 1.54) is 16.0 Å². The molecule has 0 spiro atoms. The first-order valence-corrected chi connectivity index (χ1v) is 12.4. The molecule has 3 heterocycles. The number of esters is 1. The standard InChI is InChI=1S/C20H19N5O5S2/c26-18(21-15-8-10-32(28,29)13-15)12-30-20(27)17(11-16-7-4-9-31-16)25-19(22-23-24-25)14-5-2-1-3-6-14/h1-7,9,11,15H,8,10,12-13H2,(H,21,26)/b17-11-. The van der Waals surface area contributed by atoms with Crippen LogP contribution in [0.2, 0.25) is 0 Å². The summed E-state index contributed by atoms with van der Waals surface area (Å²) in [4.78, 5) is 25.9. The lowest BCUT2D eigenvalue weighted by atomic mass is 10.2. The zero-order valence-corrected chi connectivity index (χ0v) is 18.4.